The lowest BCUT2D eigenvalue weighted by Crippen LogP contribution is -2.56. The molecule has 3 amide bonds. The first kappa shape index (κ1) is 26.1. The Hall–Kier alpha value is -4.47. The first-order valence-corrected chi connectivity index (χ1v) is 13.2. The molecule has 202 valence electrons. The summed E-state index contributed by atoms with van der Waals surface area (Å²) in [5, 5.41) is 15.3. The maximum Gasteiger partial charge on any atom is 0.405 e. The molecule has 5 N–H and O–H groups in total. The number of nitrogens with zero attached hydrogens (tertiary/aromatic N) is 3. The Morgan fingerprint density at radius 1 is 1.00 bits per heavy atom. The highest BCUT2D eigenvalue weighted by atomic mass is 16.4. The van der Waals surface area contributed by atoms with Crippen LogP contribution in [0.1, 0.15) is 47.6 Å². The van der Waals surface area contributed by atoms with Crippen molar-refractivity contribution in [3.05, 3.63) is 89.2 Å². The minimum atomic E-state index is -1.30. The van der Waals surface area contributed by atoms with Crippen molar-refractivity contribution in [3.63, 3.8) is 0 Å². The zero-order valence-electron chi connectivity index (χ0n) is 21.5. The molecule has 2 aliphatic rings. The number of hydrogen-bond donors (Lipinski definition) is 4. The number of carbonyl (C=O) groups is 3. The number of nitrogen functional groups attached to an aromatic ring is 1. The van der Waals surface area contributed by atoms with E-state index in [0.717, 1.165) is 22.4 Å². The number of benzene rings is 2. The summed E-state index contributed by atoms with van der Waals surface area (Å²) in [6.45, 7) is 0.381. The van der Waals surface area contributed by atoms with Gasteiger partial charge in [0.25, 0.3) is 0 Å². The second-order valence-electron chi connectivity index (χ2n) is 10.1. The van der Waals surface area contributed by atoms with Gasteiger partial charge in [-0.05, 0) is 48.8 Å². The first-order chi connectivity index (χ1) is 18.9. The second kappa shape index (κ2) is 11.5. The molecular formula is C29H32N6O4. The maximum atomic E-state index is 14.1. The van der Waals surface area contributed by atoms with Crippen LogP contribution in [0.5, 0.6) is 0 Å². The number of aryl methyl sites for hydroxylation is 1. The Bertz CT molecular complexity index is 1300. The fourth-order valence-corrected chi connectivity index (χ4v) is 5.74. The number of carboxylic acid groups (broad SMARTS) is 1. The number of amides is 3. The summed E-state index contributed by atoms with van der Waals surface area (Å²) in [5.74, 6) is -0.964. The molecular weight excluding hydrogens is 496 g/mol. The molecule has 10 nitrogen and oxygen atoms in total. The highest BCUT2D eigenvalue weighted by Gasteiger charge is 2.42. The number of nitrogens with one attached hydrogen (secondary N) is 2. The topological polar surface area (TPSA) is 151 Å². The summed E-state index contributed by atoms with van der Waals surface area (Å²) < 4.78 is 0. The molecule has 0 radical (unpaired) electrons. The van der Waals surface area contributed by atoms with Crippen molar-refractivity contribution >= 4 is 23.9 Å². The molecule has 1 aliphatic carbocycles. The van der Waals surface area contributed by atoms with Crippen LogP contribution in [0.3, 0.4) is 0 Å². The summed E-state index contributed by atoms with van der Waals surface area (Å²) in [7, 11) is 0. The number of carbonyl (C=O) groups excluding carboxylic acids is 2. The maximum absolute atomic E-state index is 14.1. The second-order valence-corrected chi connectivity index (χ2v) is 10.1. The van der Waals surface area contributed by atoms with Gasteiger partial charge in [-0.2, -0.15) is 0 Å². The van der Waals surface area contributed by atoms with E-state index < -0.39 is 30.0 Å². The summed E-state index contributed by atoms with van der Waals surface area (Å²) in [6, 6.07) is 16.8. The van der Waals surface area contributed by atoms with Gasteiger partial charge in [0, 0.05) is 30.4 Å². The fourth-order valence-electron chi connectivity index (χ4n) is 5.74. The Balaban J connectivity index is 1.37. The average Bonchev–Trinajstić information content (AvgIpc) is 3.44. The molecule has 2 heterocycles. The van der Waals surface area contributed by atoms with Crippen molar-refractivity contribution in [2.45, 2.75) is 56.1 Å². The highest BCUT2D eigenvalue weighted by Crippen LogP contribution is 2.31. The molecule has 39 heavy (non-hydrogen) atoms. The molecule has 1 aromatic heterocycles. The average molecular weight is 529 g/mol. The molecule has 2 aromatic carbocycles. The number of anilines is 1. The van der Waals surface area contributed by atoms with Crippen LogP contribution in [0, 0.1) is 0 Å². The lowest BCUT2D eigenvalue weighted by Gasteiger charge is -2.34. The standard InChI is InChI=1S/C29H32N6O4/c30-28-31-17-20-16-21(13-14-22(20)33-28)32-26(36)23-12-7-15-35(23)27(37)25(34-29(38)39)24(18-8-3-1-4-9-18)19-10-5-2-6-11-19/h1-6,8-11,17,21,23-25,34H,7,12-16H2,(H,32,36)(H,38,39)(H2,30,31,33)/t21?,23-,25-/m0/s1. The van der Waals surface area contributed by atoms with E-state index in [1.54, 1.807) is 6.20 Å². The Morgan fingerprint density at radius 3 is 2.31 bits per heavy atom. The van der Waals surface area contributed by atoms with Gasteiger partial charge in [0.1, 0.15) is 12.1 Å². The number of likely N-dealkylation sites (tertiary alicyclic amines) is 1. The van der Waals surface area contributed by atoms with Gasteiger partial charge in [0.15, 0.2) is 0 Å². The van der Waals surface area contributed by atoms with Crippen LogP contribution in [0.25, 0.3) is 0 Å². The summed E-state index contributed by atoms with van der Waals surface area (Å²) >= 11 is 0. The van der Waals surface area contributed by atoms with Crippen LogP contribution in [0.2, 0.25) is 0 Å². The molecule has 1 saturated heterocycles. The zero-order valence-corrected chi connectivity index (χ0v) is 21.5. The number of nitrogens with two attached hydrogens (primary N) is 1. The third-order valence-electron chi connectivity index (χ3n) is 7.55. The molecule has 0 saturated carbocycles. The first-order valence-electron chi connectivity index (χ1n) is 13.2. The molecule has 3 aromatic rings. The van der Waals surface area contributed by atoms with Gasteiger partial charge < -0.3 is 26.4 Å². The predicted molar refractivity (Wildman–Crippen MR) is 145 cm³/mol. The summed E-state index contributed by atoms with van der Waals surface area (Å²) in [6.07, 6.45) is 3.57. The van der Waals surface area contributed by atoms with E-state index in [1.807, 2.05) is 60.7 Å². The SMILES string of the molecule is Nc1ncc2c(n1)CCC(NC(=O)[C@@H]1CCCN1C(=O)[C@@H](NC(=O)O)C(c1ccccc1)c1ccccc1)C2. The van der Waals surface area contributed by atoms with Gasteiger partial charge in [-0.1, -0.05) is 60.7 Å². The number of aromatic nitrogens is 2. The molecule has 1 unspecified atom stereocenters. The lowest BCUT2D eigenvalue weighted by molar-refractivity contribution is -0.140. The van der Waals surface area contributed by atoms with Crippen molar-refractivity contribution in [1.29, 1.82) is 0 Å². The van der Waals surface area contributed by atoms with Crippen molar-refractivity contribution in [2.24, 2.45) is 0 Å². The van der Waals surface area contributed by atoms with E-state index in [9.17, 15) is 19.5 Å². The van der Waals surface area contributed by atoms with Gasteiger partial charge in [-0.15, -0.1) is 0 Å². The highest BCUT2D eigenvalue weighted by molar-refractivity contribution is 5.92. The Kier molecular flexibility index (Phi) is 7.72. The van der Waals surface area contributed by atoms with Gasteiger partial charge in [-0.25, -0.2) is 14.8 Å². The molecule has 10 heteroatoms. The van der Waals surface area contributed by atoms with E-state index in [1.165, 1.54) is 4.90 Å². The minimum Gasteiger partial charge on any atom is -0.465 e. The normalized spacial score (nSPS) is 19.3. The van der Waals surface area contributed by atoms with Crippen LogP contribution < -0.4 is 16.4 Å². The number of fused-ring (bicyclic) bond motifs is 1. The fraction of sp³-hybridized carbons (Fsp3) is 0.345. The number of hydrogen-bond acceptors (Lipinski definition) is 6. The summed E-state index contributed by atoms with van der Waals surface area (Å²) in [5.41, 5.74) is 9.17. The number of rotatable bonds is 7. The molecule has 1 aliphatic heterocycles. The van der Waals surface area contributed by atoms with E-state index >= 15 is 0 Å². The zero-order chi connectivity index (χ0) is 27.4. The molecule has 5 rings (SSSR count). The molecule has 0 bridgehead atoms. The van der Waals surface area contributed by atoms with E-state index in [0.29, 0.717) is 38.6 Å². The minimum absolute atomic E-state index is 0.107. The van der Waals surface area contributed by atoms with Crippen LogP contribution in [-0.2, 0) is 22.4 Å². The van der Waals surface area contributed by atoms with Gasteiger partial charge in [0.2, 0.25) is 17.8 Å². The van der Waals surface area contributed by atoms with Gasteiger partial charge in [0.05, 0.1) is 0 Å². The van der Waals surface area contributed by atoms with Gasteiger partial charge in [-0.3, -0.25) is 9.59 Å². The molecule has 3 atom stereocenters. The molecule has 1 fully saturated rings. The van der Waals surface area contributed by atoms with Crippen molar-refractivity contribution in [3.8, 4) is 0 Å². The van der Waals surface area contributed by atoms with Crippen LogP contribution in [0.4, 0.5) is 10.7 Å². The Morgan fingerprint density at radius 2 is 1.67 bits per heavy atom. The van der Waals surface area contributed by atoms with E-state index in [2.05, 4.69) is 20.6 Å². The molecule has 0 spiro atoms. The Labute approximate surface area is 226 Å². The van der Waals surface area contributed by atoms with E-state index in [-0.39, 0.29) is 17.9 Å². The lowest BCUT2D eigenvalue weighted by atomic mass is 9.84. The monoisotopic (exact) mass is 528 g/mol. The van der Waals surface area contributed by atoms with Gasteiger partial charge >= 0.3 is 6.09 Å². The van der Waals surface area contributed by atoms with Crippen LogP contribution in [-0.4, -0.2) is 62.6 Å². The summed E-state index contributed by atoms with van der Waals surface area (Å²) in [4.78, 5) is 49.3. The third-order valence-corrected chi connectivity index (χ3v) is 7.55. The van der Waals surface area contributed by atoms with E-state index in [4.69, 9.17) is 5.73 Å². The van der Waals surface area contributed by atoms with Crippen molar-refractivity contribution < 1.29 is 19.5 Å². The van der Waals surface area contributed by atoms with Crippen LogP contribution >= 0.6 is 0 Å². The largest absolute Gasteiger partial charge is 0.465 e. The smallest absolute Gasteiger partial charge is 0.405 e. The quantitative estimate of drug-likeness (QED) is 0.368. The van der Waals surface area contributed by atoms with Crippen molar-refractivity contribution in [1.82, 2.24) is 25.5 Å². The third kappa shape index (κ3) is 5.84. The predicted octanol–water partition coefficient (Wildman–Crippen LogP) is 2.49. The van der Waals surface area contributed by atoms with Crippen LogP contribution in [0.15, 0.2) is 66.9 Å². The van der Waals surface area contributed by atoms with Crippen molar-refractivity contribution in [2.75, 3.05) is 12.3 Å².